The first-order valence-electron chi connectivity index (χ1n) is 8.39. The van der Waals surface area contributed by atoms with Gasteiger partial charge in [0.25, 0.3) is 0 Å². The lowest BCUT2D eigenvalue weighted by molar-refractivity contribution is 0.627. The van der Waals surface area contributed by atoms with E-state index in [0.717, 1.165) is 30.8 Å². The number of anilines is 2. The second-order valence-corrected chi connectivity index (χ2v) is 5.73. The van der Waals surface area contributed by atoms with Gasteiger partial charge in [0.05, 0.1) is 0 Å². The van der Waals surface area contributed by atoms with Crippen molar-refractivity contribution in [3.8, 4) is 0 Å². The largest absolute Gasteiger partial charge is 0.370 e. The molecule has 0 fully saturated rings. The summed E-state index contributed by atoms with van der Waals surface area (Å²) in [5, 5.41) is 6.52. The molecule has 2 aromatic carbocycles. The fraction of sp³-hybridized carbons (Fsp3) is 0.200. The number of hydrogen-bond donors (Lipinski definition) is 2. The van der Waals surface area contributed by atoms with Crippen LogP contribution in [0.2, 0.25) is 0 Å². The van der Waals surface area contributed by atoms with Crippen molar-refractivity contribution in [1.82, 2.24) is 9.97 Å². The number of halogens is 1. The zero-order valence-electron chi connectivity index (χ0n) is 14.0. The molecular weight excluding hydrogens is 315 g/mol. The van der Waals surface area contributed by atoms with Crippen molar-refractivity contribution < 1.29 is 4.39 Å². The molecule has 0 amide bonds. The Morgan fingerprint density at radius 1 is 0.760 bits per heavy atom. The van der Waals surface area contributed by atoms with E-state index in [2.05, 4.69) is 32.7 Å². The standard InChI is InChI=1S/C20H21FN4/c21-18-8-6-17(7-9-18)11-14-23-20-24-15-12-19(25-20)22-13-10-16-4-2-1-3-5-16/h1-9,12,15H,10-11,13-14H2,(H2,22,23,24,25). The Morgan fingerprint density at radius 2 is 1.44 bits per heavy atom. The van der Waals surface area contributed by atoms with Crippen LogP contribution in [0.1, 0.15) is 11.1 Å². The van der Waals surface area contributed by atoms with E-state index in [1.807, 2.05) is 24.3 Å². The number of hydrogen-bond acceptors (Lipinski definition) is 4. The van der Waals surface area contributed by atoms with Crippen molar-refractivity contribution in [2.45, 2.75) is 12.8 Å². The molecule has 0 aliphatic carbocycles. The molecule has 0 atom stereocenters. The average molecular weight is 336 g/mol. The van der Waals surface area contributed by atoms with Gasteiger partial charge in [-0.3, -0.25) is 0 Å². The number of rotatable bonds is 8. The molecule has 128 valence electrons. The van der Waals surface area contributed by atoms with Crippen LogP contribution in [0.3, 0.4) is 0 Å². The molecule has 0 saturated heterocycles. The third-order valence-corrected chi connectivity index (χ3v) is 3.83. The van der Waals surface area contributed by atoms with E-state index >= 15 is 0 Å². The second kappa shape index (κ2) is 8.78. The summed E-state index contributed by atoms with van der Waals surface area (Å²) >= 11 is 0. The molecule has 0 aliphatic rings. The van der Waals surface area contributed by atoms with Crippen molar-refractivity contribution in [1.29, 1.82) is 0 Å². The zero-order valence-corrected chi connectivity index (χ0v) is 14.0. The lowest BCUT2D eigenvalue weighted by atomic mass is 10.1. The van der Waals surface area contributed by atoms with Crippen molar-refractivity contribution in [3.63, 3.8) is 0 Å². The van der Waals surface area contributed by atoms with Gasteiger partial charge in [0.1, 0.15) is 11.6 Å². The van der Waals surface area contributed by atoms with Crippen LogP contribution < -0.4 is 10.6 Å². The number of nitrogens with zero attached hydrogens (tertiary/aromatic N) is 2. The molecular formula is C20H21FN4. The van der Waals surface area contributed by atoms with E-state index in [0.29, 0.717) is 12.5 Å². The normalized spacial score (nSPS) is 10.4. The van der Waals surface area contributed by atoms with Crippen LogP contribution in [0.5, 0.6) is 0 Å². The highest BCUT2D eigenvalue weighted by Crippen LogP contribution is 2.08. The van der Waals surface area contributed by atoms with Crippen molar-refractivity contribution in [2.75, 3.05) is 23.7 Å². The number of nitrogens with one attached hydrogen (secondary N) is 2. The maximum atomic E-state index is 12.9. The van der Waals surface area contributed by atoms with Crippen LogP contribution in [0.15, 0.2) is 66.9 Å². The molecule has 3 aromatic rings. The number of benzene rings is 2. The predicted octanol–water partition coefficient (Wildman–Crippen LogP) is 3.92. The van der Waals surface area contributed by atoms with E-state index in [9.17, 15) is 4.39 Å². The smallest absolute Gasteiger partial charge is 0.224 e. The van der Waals surface area contributed by atoms with Crippen LogP contribution in [0.25, 0.3) is 0 Å². The highest BCUT2D eigenvalue weighted by Gasteiger charge is 2.00. The molecule has 0 aliphatic heterocycles. The maximum absolute atomic E-state index is 12.9. The summed E-state index contributed by atoms with van der Waals surface area (Å²) in [6.45, 7) is 1.51. The minimum atomic E-state index is -0.214. The van der Waals surface area contributed by atoms with Gasteiger partial charge in [-0.2, -0.15) is 4.98 Å². The third-order valence-electron chi connectivity index (χ3n) is 3.83. The molecule has 4 nitrogen and oxygen atoms in total. The van der Waals surface area contributed by atoms with Gasteiger partial charge in [-0.1, -0.05) is 42.5 Å². The predicted molar refractivity (Wildman–Crippen MR) is 99.3 cm³/mol. The van der Waals surface area contributed by atoms with E-state index in [4.69, 9.17) is 0 Å². The minimum Gasteiger partial charge on any atom is -0.370 e. The molecule has 0 saturated carbocycles. The topological polar surface area (TPSA) is 49.8 Å². The zero-order chi connectivity index (χ0) is 17.3. The minimum absolute atomic E-state index is 0.214. The van der Waals surface area contributed by atoms with Crippen LogP contribution in [-0.4, -0.2) is 23.1 Å². The van der Waals surface area contributed by atoms with Crippen molar-refractivity contribution in [3.05, 3.63) is 83.8 Å². The quantitative estimate of drug-likeness (QED) is 0.654. The molecule has 0 spiro atoms. The van der Waals surface area contributed by atoms with Gasteiger partial charge in [0, 0.05) is 19.3 Å². The Labute approximate surface area is 147 Å². The lowest BCUT2D eigenvalue weighted by Crippen LogP contribution is -2.11. The monoisotopic (exact) mass is 336 g/mol. The van der Waals surface area contributed by atoms with Gasteiger partial charge in [0.15, 0.2) is 0 Å². The fourth-order valence-corrected chi connectivity index (χ4v) is 2.49. The van der Waals surface area contributed by atoms with E-state index < -0.39 is 0 Å². The van der Waals surface area contributed by atoms with Crippen molar-refractivity contribution >= 4 is 11.8 Å². The first-order chi connectivity index (χ1) is 12.3. The summed E-state index contributed by atoms with van der Waals surface area (Å²) in [7, 11) is 0. The van der Waals surface area contributed by atoms with Crippen LogP contribution in [0, 0.1) is 5.82 Å². The third kappa shape index (κ3) is 5.57. The van der Waals surface area contributed by atoms with E-state index in [-0.39, 0.29) is 5.82 Å². The summed E-state index contributed by atoms with van der Waals surface area (Å²) in [6.07, 6.45) is 3.46. The fourth-order valence-electron chi connectivity index (χ4n) is 2.49. The summed E-state index contributed by atoms with van der Waals surface area (Å²) in [5.74, 6) is 1.18. The van der Waals surface area contributed by atoms with Gasteiger partial charge in [-0.05, 0) is 42.2 Å². The van der Waals surface area contributed by atoms with Gasteiger partial charge in [-0.25, -0.2) is 9.37 Å². The molecule has 0 unspecified atom stereocenters. The lowest BCUT2D eigenvalue weighted by Gasteiger charge is -2.08. The van der Waals surface area contributed by atoms with E-state index in [1.54, 1.807) is 18.3 Å². The number of aromatic nitrogens is 2. The molecule has 3 rings (SSSR count). The summed E-state index contributed by atoms with van der Waals surface area (Å²) in [6, 6.07) is 18.7. The Kier molecular flexibility index (Phi) is 5.93. The average Bonchev–Trinajstić information content (AvgIpc) is 2.65. The van der Waals surface area contributed by atoms with Crippen molar-refractivity contribution in [2.24, 2.45) is 0 Å². The molecule has 25 heavy (non-hydrogen) atoms. The Balaban J connectivity index is 1.45. The molecule has 0 bridgehead atoms. The first-order valence-corrected chi connectivity index (χ1v) is 8.39. The summed E-state index contributed by atoms with van der Waals surface area (Å²) in [5.41, 5.74) is 2.37. The molecule has 0 radical (unpaired) electrons. The highest BCUT2D eigenvalue weighted by atomic mass is 19.1. The van der Waals surface area contributed by atoms with Crippen LogP contribution in [-0.2, 0) is 12.8 Å². The second-order valence-electron chi connectivity index (χ2n) is 5.73. The Morgan fingerprint density at radius 3 is 2.20 bits per heavy atom. The molecule has 2 N–H and O–H groups in total. The Bertz CT molecular complexity index is 775. The SMILES string of the molecule is Fc1ccc(CCNc2nccc(NCCc3ccccc3)n2)cc1. The van der Waals surface area contributed by atoms with Gasteiger partial charge >= 0.3 is 0 Å². The molecule has 1 heterocycles. The molecule has 1 aromatic heterocycles. The highest BCUT2D eigenvalue weighted by molar-refractivity contribution is 5.39. The Hall–Kier alpha value is -2.95. The van der Waals surface area contributed by atoms with Crippen LogP contribution in [0.4, 0.5) is 16.2 Å². The van der Waals surface area contributed by atoms with Crippen LogP contribution >= 0.6 is 0 Å². The first kappa shape index (κ1) is 16.9. The molecule has 5 heteroatoms. The van der Waals surface area contributed by atoms with Gasteiger partial charge < -0.3 is 10.6 Å². The maximum Gasteiger partial charge on any atom is 0.224 e. The van der Waals surface area contributed by atoms with Gasteiger partial charge in [-0.15, -0.1) is 0 Å². The summed E-state index contributed by atoms with van der Waals surface area (Å²) in [4.78, 5) is 8.68. The van der Waals surface area contributed by atoms with Gasteiger partial charge in [0.2, 0.25) is 5.95 Å². The summed E-state index contributed by atoms with van der Waals surface area (Å²) < 4.78 is 12.9. The van der Waals surface area contributed by atoms with E-state index in [1.165, 1.54) is 17.7 Å².